The van der Waals surface area contributed by atoms with Gasteiger partial charge in [-0.25, -0.2) is 27.0 Å². The van der Waals surface area contributed by atoms with Crippen molar-refractivity contribution in [3.63, 3.8) is 0 Å². The number of amides is 1. The predicted octanol–water partition coefficient (Wildman–Crippen LogP) is 2.46. The van der Waals surface area contributed by atoms with Crippen molar-refractivity contribution in [2.75, 3.05) is 26.5 Å². The van der Waals surface area contributed by atoms with Gasteiger partial charge in [-0.15, -0.1) is 0 Å². The van der Waals surface area contributed by atoms with Gasteiger partial charge in [0.2, 0.25) is 10.0 Å². The first kappa shape index (κ1) is 28.1. The minimum atomic E-state index is -3.81. The van der Waals surface area contributed by atoms with E-state index < -0.39 is 45.6 Å². The van der Waals surface area contributed by atoms with Gasteiger partial charge in [-0.1, -0.05) is 17.7 Å². The van der Waals surface area contributed by atoms with Crippen molar-refractivity contribution in [1.29, 1.82) is 0 Å². The van der Waals surface area contributed by atoms with Gasteiger partial charge >= 0.3 is 5.97 Å². The van der Waals surface area contributed by atoms with E-state index in [0.29, 0.717) is 13.0 Å². The molecule has 3 heterocycles. The van der Waals surface area contributed by atoms with E-state index >= 15 is 0 Å². The molecule has 0 bridgehead atoms. The Kier molecular flexibility index (Phi) is 7.40. The summed E-state index contributed by atoms with van der Waals surface area (Å²) in [4.78, 5) is 36.6. The summed E-state index contributed by atoms with van der Waals surface area (Å²) < 4.78 is 59.5. The number of amidine groups is 1. The molecule has 0 radical (unpaired) electrons. The number of halogens is 3. The fourth-order valence-corrected chi connectivity index (χ4v) is 6.03. The van der Waals surface area contributed by atoms with Crippen LogP contribution >= 0.6 is 11.6 Å². The van der Waals surface area contributed by atoms with Gasteiger partial charge < -0.3 is 10.1 Å². The molecule has 1 aliphatic carbocycles. The Bertz CT molecular complexity index is 1560. The van der Waals surface area contributed by atoms with Crippen molar-refractivity contribution in [3.8, 4) is 0 Å². The van der Waals surface area contributed by atoms with Crippen molar-refractivity contribution in [3.05, 3.63) is 75.7 Å². The minimum Gasteiger partial charge on any atom is -0.466 e. The number of pyridine rings is 1. The first-order chi connectivity index (χ1) is 18.9. The summed E-state index contributed by atoms with van der Waals surface area (Å²) in [5.41, 5.74) is 0.266. The number of nitrogens with one attached hydrogen (secondary N) is 2. The Morgan fingerprint density at radius 1 is 1.27 bits per heavy atom. The summed E-state index contributed by atoms with van der Waals surface area (Å²) in [6, 6.07) is 4.30. The predicted molar refractivity (Wildman–Crippen MR) is 142 cm³/mol. The number of methoxy groups -OCH3 is 1. The number of carbonyl (C=O) groups excluding carboxylic acids is 2. The smallest absolute Gasteiger partial charge is 0.338 e. The third-order valence-electron chi connectivity index (χ3n) is 7.28. The fraction of sp³-hybridized carbons (Fsp3) is 0.385. The van der Waals surface area contributed by atoms with Gasteiger partial charge in [0, 0.05) is 35.6 Å². The van der Waals surface area contributed by atoms with E-state index in [1.54, 1.807) is 4.90 Å². The molecular formula is C26H26ClF2N5O5S. The molecule has 10 nitrogen and oxygen atoms in total. The second-order valence-corrected chi connectivity index (χ2v) is 12.4. The van der Waals surface area contributed by atoms with Crippen molar-refractivity contribution >= 4 is 39.3 Å². The van der Waals surface area contributed by atoms with E-state index in [1.807, 2.05) is 0 Å². The van der Waals surface area contributed by atoms with E-state index in [0.717, 1.165) is 31.2 Å². The number of hydrogen-bond donors (Lipinski definition) is 2. The van der Waals surface area contributed by atoms with E-state index in [2.05, 4.69) is 20.0 Å². The summed E-state index contributed by atoms with van der Waals surface area (Å²) >= 11 is 6.38. The molecular weight excluding hydrogens is 568 g/mol. The van der Waals surface area contributed by atoms with Crippen LogP contribution in [0.4, 0.5) is 8.78 Å². The van der Waals surface area contributed by atoms with Crippen LogP contribution in [0.1, 0.15) is 36.6 Å². The Morgan fingerprint density at radius 2 is 2.02 bits per heavy atom. The van der Waals surface area contributed by atoms with Crippen LogP contribution in [0, 0.1) is 17.0 Å². The van der Waals surface area contributed by atoms with Crippen molar-refractivity contribution in [2.24, 2.45) is 10.4 Å². The SMILES string of the molecule is COC(=O)C1=C(CN2CC3(CC3)C[C@H]2C(=O)NS(C)(=O)=O)NC(c2ncccc2F)=NC1c1ccc(F)cc1Cl. The number of aliphatic imine (C=N–C) groups is 1. The molecule has 1 spiro atoms. The molecule has 212 valence electrons. The molecule has 2 fully saturated rings. The van der Waals surface area contributed by atoms with Gasteiger partial charge in [0.25, 0.3) is 5.91 Å². The lowest BCUT2D eigenvalue weighted by atomic mass is 9.94. The van der Waals surface area contributed by atoms with Crippen LogP contribution in [0.25, 0.3) is 0 Å². The normalized spacial score (nSPS) is 22.1. The van der Waals surface area contributed by atoms with Crippen LogP contribution in [0.2, 0.25) is 5.02 Å². The lowest BCUT2D eigenvalue weighted by Crippen LogP contribution is -2.47. The number of carbonyl (C=O) groups is 2. The number of likely N-dealkylation sites (tertiary alicyclic amines) is 1. The van der Waals surface area contributed by atoms with Crippen molar-refractivity contribution in [2.45, 2.75) is 31.3 Å². The number of aromatic nitrogens is 1. The summed E-state index contributed by atoms with van der Waals surface area (Å²) in [7, 11) is -2.62. The molecule has 2 aromatic rings. The highest BCUT2D eigenvalue weighted by Crippen LogP contribution is 2.55. The maximum absolute atomic E-state index is 14.8. The van der Waals surface area contributed by atoms with Gasteiger partial charge in [0.05, 0.1) is 25.0 Å². The van der Waals surface area contributed by atoms with E-state index in [1.165, 1.54) is 31.5 Å². The summed E-state index contributed by atoms with van der Waals surface area (Å²) in [5.74, 6) is -2.73. The molecule has 2 aliphatic heterocycles. The average molecular weight is 594 g/mol. The van der Waals surface area contributed by atoms with E-state index in [4.69, 9.17) is 16.3 Å². The molecule has 1 saturated carbocycles. The van der Waals surface area contributed by atoms with Gasteiger partial charge in [0.1, 0.15) is 17.6 Å². The highest BCUT2D eigenvalue weighted by molar-refractivity contribution is 7.89. The molecule has 1 unspecified atom stereocenters. The Hall–Kier alpha value is -3.42. The molecule has 40 heavy (non-hydrogen) atoms. The number of benzene rings is 1. The molecule has 5 rings (SSSR count). The van der Waals surface area contributed by atoms with Crippen LogP contribution in [-0.4, -0.2) is 68.5 Å². The molecule has 1 aromatic heterocycles. The zero-order valence-corrected chi connectivity index (χ0v) is 23.2. The lowest BCUT2D eigenvalue weighted by Gasteiger charge is -2.31. The van der Waals surface area contributed by atoms with Gasteiger partial charge in [-0.05, 0) is 48.9 Å². The maximum Gasteiger partial charge on any atom is 0.338 e. The number of esters is 1. The Labute approximate surface area is 234 Å². The number of ether oxygens (including phenoxy) is 1. The molecule has 14 heteroatoms. The lowest BCUT2D eigenvalue weighted by molar-refractivity contribution is -0.136. The number of rotatable bonds is 7. The molecule has 2 N–H and O–H groups in total. The highest BCUT2D eigenvalue weighted by atomic mass is 35.5. The standard InChI is InChI=1S/C26H26ClF2N5O5S/c1-39-25(36)20-18(12-34-13-26(7-8-26)11-19(34)24(35)33-40(2,37)38)31-23(22-17(29)4-3-9-30-22)32-21(20)15-6-5-14(28)10-16(15)27/h3-6,9-10,19,21H,7-8,11-13H2,1-2H3,(H,31,32)(H,33,35)/t19-,21?/m0/s1. The monoisotopic (exact) mass is 593 g/mol. The van der Waals surface area contributed by atoms with Crippen molar-refractivity contribution in [1.82, 2.24) is 19.9 Å². The topological polar surface area (TPSA) is 130 Å². The van der Waals surface area contributed by atoms with E-state index in [-0.39, 0.29) is 45.3 Å². The van der Waals surface area contributed by atoms with Gasteiger partial charge in [-0.2, -0.15) is 0 Å². The zero-order valence-electron chi connectivity index (χ0n) is 21.6. The second kappa shape index (κ2) is 10.5. The van der Waals surface area contributed by atoms with Crippen molar-refractivity contribution < 1.29 is 31.5 Å². The van der Waals surface area contributed by atoms with Crippen LogP contribution < -0.4 is 10.0 Å². The fourth-order valence-electron chi connectivity index (χ4n) is 5.26. The van der Waals surface area contributed by atoms with Crippen LogP contribution in [0.5, 0.6) is 0 Å². The average Bonchev–Trinajstić information content (AvgIpc) is 3.54. The maximum atomic E-state index is 14.8. The zero-order chi connectivity index (χ0) is 28.8. The highest BCUT2D eigenvalue weighted by Gasteiger charge is 2.54. The summed E-state index contributed by atoms with van der Waals surface area (Å²) in [6.45, 7) is 0.442. The number of hydrogen-bond acceptors (Lipinski definition) is 9. The summed E-state index contributed by atoms with van der Waals surface area (Å²) in [6.07, 6.45) is 4.48. The van der Waals surface area contributed by atoms with Crippen LogP contribution in [0.3, 0.4) is 0 Å². The number of sulfonamides is 1. The Balaban J connectivity index is 1.61. The van der Waals surface area contributed by atoms with E-state index in [9.17, 15) is 26.8 Å². The van der Waals surface area contributed by atoms with Crippen LogP contribution in [0.15, 0.2) is 52.8 Å². The Morgan fingerprint density at radius 3 is 2.65 bits per heavy atom. The molecule has 1 aromatic carbocycles. The first-order valence-corrected chi connectivity index (χ1v) is 14.6. The van der Waals surface area contributed by atoms with Gasteiger partial charge in [0.15, 0.2) is 11.7 Å². The number of nitrogens with zero attached hydrogens (tertiary/aromatic N) is 3. The van der Waals surface area contributed by atoms with Crippen LogP contribution in [-0.2, 0) is 24.3 Å². The second-order valence-electron chi connectivity index (χ2n) is 10.3. The minimum absolute atomic E-state index is 0.0105. The third kappa shape index (κ3) is 5.72. The molecule has 2 atom stereocenters. The molecule has 1 amide bonds. The summed E-state index contributed by atoms with van der Waals surface area (Å²) in [5, 5.41) is 2.99. The molecule has 3 aliphatic rings. The van der Waals surface area contributed by atoms with Gasteiger partial charge in [-0.3, -0.25) is 19.4 Å². The molecule has 1 saturated heterocycles. The quantitative estimate of drug-likeness (QED) is 0.468. The third-order valence-corrected chi connectivity index (χ3v) is 8.18. The largest absolute Gasteiger partial charge is 0.466 e. The first-order valence-electron chi connectivity index (χ1n) is 12.4.